The quantitative estimate of drug-likeness (QED) is 0.813. The summed E-state index contributed by atoms with van der Waals surface area (Å²) in [6, 6.07) is 14.6. The van der Waals surface area contributed by atoms with E-state index in [1.807, 2.05) is 38.1 Å². The number of benzene rings is 2. The lowest BCUT2D eigenvalue weighted by molar-refractivity contribution is -0.126. The summed E-state index contributed by atoms with van der Waals surface area (Å²) in [6.07, 6.45) is 2.45. The van der Waals surface area contributed by atoms with Gasteiger partial charge in [-0.15, -0.1) is 0 Å². The van der Waals surface area contributed by atoms with Crippen LogP contribution in [0.25, 0.3) is 0 Å². The van der Waals surface area contributed by atoms with Crippen LogP contribution in [0, 0.1) is 6.92 Å². The molecule has 2 aromatic rings. The Balaban J connectivity index is 1.83. The Morgan fingerprint density at radius 2 is 1.67 bits per heavy atom. The average molecular weight is 386 g/mol. The van der Waals surface area contributed by atoms with E-state index >= 15 is 0 Å². The highest BCUT2D eigenvalue weighted by molar-refractivity contribution is 7.93. The number of rotatable bonds is 6. The lowest BCUT2D eigenvalue weighted by Crippen LogP contribution is -2.57. The highest BCUT2D eigenvalue weighted by Gasteiger charge is 2.55. The van der Waals surface area contributed by atoms with Crippen LogP contribution in [0.5, 0.6) is 0 Å². The standard InChI is InChI=1S/C22H27NO3S/c1-4-18-8-10-19(11-9-18)17(3)23-21(24)22(14-5-15-22)27(25,26)20-12-6-16(2)7-13-20/h6-13,17H,4-5,14-15H2,1-3H3,(H,23,24). The topological polar surface area (TPSA) is 63.2 Å². The fraction of sp³-hybridized carbons (Fsp3) is 0.409. The molecule has 1 fully saturated rings. The van der Waals surface area contributed by atoms with Gasteiger partial charge in [0.25, 0.3) is 0 Å². The van der Waals surface area contributed by atoms with Gasteiger partial charge < -0.3 is 5.32 Å². The second kappa shape index (κ2) is 7.47. The predicted octanol–water partition coefficient (Wildman–Crippen LogP) is 4.13. The number of sulfone groups is 1. The summed E-state index contributed by atoms with van der Waals surface area (Å²) in [5.74, 6) is -0.388. The minimum atomic E-state index is -3.73. The summed E-state index contributed by atoms with van der Waals surface area (Å²) in [6.45, 7) is 5.90. The van der Waals surface area contributed by atoms with Crippen LogP contribution in [0.3, 0.4) is 0 Å². The zero-order valence-corrected chi connectivity index (χ0v) is 17.0. The van der Waals surface area contributed by atoms with Crippen LogP contribution in [0.4, 0.5) is 0 Å². The summed E-state index contributed by atoms with van der Waals surface area (Å²) >= 11 is 0. The van der Waals surface area contributed by atoms with E-state index < -0.39 is 14.6 Å². The van der Waals surface area contributed by atoms with Crippen molar-refractivity contribution in [3.8, 4) is 0 Å². The number of aryl methyl sites for hydroxylation is 2. The molecule has 2 aromatic carbocycles. The number of hydrogen-bond donors (Lipinski definition) is 1. The molecule has 0 radical (unpaired) electrons. The third kappa shape index (κ3) is 3.53. The second-order valence-corrected chi connectivity index (χ2v) is 9.71. The lowest BCUT2D eigenvalue weighted by atomic mass is 9.83. The van der Waals surface area contributed by atoms with Crippen molar-refractivity contribution in [1.29, 1.82) is 0 Å². The van der Waals surface area contributed by atoms with Gasteiger partial charge in [-0.05, 0) is 62.8 Å². The van der Waals surface area contributed by atoms with Crippen LogP contribution in [0.15, 0.2) is 53.4 Å². The second-order valence-electron chi connectivity index (χ2n) is 7.45. The van der Waals surface area contributed by atoms with E-state index in [0.29, 0.717) is 12.8 Å². The zero-order valence-electron chi connectivity index (χ0n) is 16.2. The van der Waals surface area contributed by atoms with E-state index in [9.17, 15) is 13.2 Å². The molecule has 1 amide bonds. The average Bonchev–Trinajstić information content (AvgIpc) is 2.60. The first-order valence-electron chi connectivity index (χ1n) is 9.51. The number of carbonyl (C=O) groups excluding carboxylic acids is 1. The van der Waals surface area contributed by atoms with Gasteiger partial charge >= 0.3 is 0 Å². The maximum atomic E-state index is 13.2. The third-order valence-corrected chi connectivity index (χ3v) is 8.17. The minimum absolute atomic E-state index is 0.225. The first-order chi connectivity index (χ1) is 12.8. The Hall–Kier alpha value is -2.14. The molecule has 0 spiro atoms. The number of nitrogens with one attached hydrogen (secondary N) is 1. The molecule has 144 valence electrons. The Morgan fingerprint density at radius 3 is 2.15 bits per heavy atom. The molecule has 5 heteroatoms. The summed E-state index contributed by atoms with van der Waals surface area (Å²) in [5, 5.41) is 2.95. The molecular formula is C22H27NO3S. The van der Waals surface area contributed by atoms with Crippen LogP contribution < -0.4 is 5.32 Å². The van der Waals surface area contributed by atoms with E-state index in [4.69, 9.17) is 0 Å². The van der Waals surface area contributed by atoms with Crippen LogP contribution in [0.2, 0.25) is 0 Å². The minimum Gasteiger partial charge on any atom is -0.348 e. The van der Waals surface area contributed by atoms with Crippen LogP contribution in [-0.4, -0.2) is 19.1 Å². The molecule has 3 rings (SSSR count). The lowest BCUT2D eigenvalue weighted by Gasteiger charge is -2.40. The molecule has 4 nitrogen and oxygen atoms in total. The highest BCUT2D eigenvalue weighted by Crippen LogP contribution is 2.43. The van der Waals surface area contributed by atoms with Crippen LogP contribution in [-0.2, 0) is 21.1 Å². The van der Waals surface area contributed by atoms with Gasteiger partial charge in [0.15, 0.2) is 14.6 Å². The molecule has 27 heavy (non-hydrogen) atoms. The van der Waals surface area contributed by atoms with Gasteiger partial charge in [-0.25, -0.2) is 8.42 Å². The van der Waals surface area contributed by atoms with Crippen molar-refractivity contribution >= 4 is 15.7 Å². The first-order valence-corrected chi connectivity index (χ1v) is 11.0. The fourth-order valence-corrected chi connectivity index (χ4v) is 5.59. The van der Waals surface area contributed by atoms with Crippen LogP contribution >= 0.6 is 0 Å². The zero-order chi connectivity index (χ0) is 19.7. The largest absolute Gasteiger partial charge is 0.348 e. The Labute approximate surface area is 161 Å². The van der Waals surface area contributed by atoms with E-state index in [1.165, 1.54) is 5.56 Å². The molecule has 1 unspecified atom stereocenters. The van der Waals surface area contributed by atoms with E-state index in [0.717, 1.165) is 24.0 Å². The molecule has 0 bridgehead atoms. The number of carbonyl (C=O) groups is 1. The monoisotopic (exact) mass is 385 g/mol. The van der Waals surface area contributed by atoms with Gasteiger partial charge in [0.05, 0.1) is 10.9 Å². The highest BCUT2D eigenvalue weighted by atomic mass is 32.2. The Morgan fingerprint density at radius 1 is 1.07 bits per heavy atom. The van der Waals surface area contributed by atoms with Gasteiger partial charge in [0.2, 0.25) is 5.91 Å². The Bertz CT molecular complexity index is 911. The smallest absolute Gasteiger partial charge is 0.242 e. The molecule has 0 saturated heterocycles. The van der Waals surface area contributed by atoms with Crippen molar-refractivity contribution in [3.05, 3.63) is 65.2 Å². The van der Waals surface area contributed by atoms with E-state index in [-0.39, 0.29) is 16.8 Å². The van der Waals surface area contributed by atoms with Crippen molar-refractivity contribution in [2.75, 3.05) is 0 Å². The maximum Gasteiger partial charge on any atom is 0.242 e. The third-order valence-electron chi connectivity index (χ3n) is 5.66. The molecule has 1 aliphatic rings. The number of amides is 1. The summed E-state index contributed by atoms with van der Waals surface area (Å²) < 4.78 is 25.1. The van der Waals surface area contributed by atoms with Gasteiger partial charge in [0.1, 0.15) is 0 Å². The van der Waals surface area contributed by atoms with Crippen molar-refractivity contribution in [2.45, 2.75) is 62.1 Å². The SMILES string of the molecule is CCc1ccc(C(C)NC(=O)C2(S(=O)(=O)c3ccc(C)cc3)CCC2)cc1. The molecule has 1 saturated carbocycles. The van der Waals surface area contributed by atoms with Crippen LogP contribution in [0.1, 0.15) is 55.8 Å². The molecule has 1 N–H and O–H groups in total. The Kier molecular flexibility index (Phi) is 5.43. The summed E-state index contributed by atoms with van der Waals surface area (Å²) in [5.41, 5.74) is 3.20. The molecule has 1 atom stereocenters. The van der Waals surface area contributed by atoms with Crippen molar-refractivity contribution in [3.63, 3.8) is 0 Å². The van der Waals surface area contributed by atoms with Gasteiger partial charge in [-0.2, -0.15) is 0 Å². The van der Waals surface area contributed by atoms with Crippen molar-refractivity contribution in [2.24, 2.45) is 0 Å². The van der Waals surface area contributed by atoms with Crippen molar-refractivity contribution in [1.82, 2.24) is 5.32 Å². The molecule has 1 aliphatic carbocycles. The normalized spacial score (nSPS) is 17.0. The first kappa shape index (κ1) is 19.6. The molecule has 0 aromatic heterocycles. The number of hydrogen-bond acceptors (Lipinski definition) is 3. The predicted molar refractivity (Wildman–Crippen MR) is 107 cm³/mol. The van der Waals surface area contributed by atoms with Gasteiger partial charge in [-0.3, -0.25) is 4.79 Å². The summed E-state index contributed by atoms with van der Waals surface area (Å²) in [7, 11) is -3.73. The van der Waals surface area contributed by atoms with Gasteiger partial charge in [0, 0.05) is 0 Å². The molecular weight excluding hydrogens is 358 g/mol. The van der Waals surface area contributed by atoms with E-state index in [2.05, 4.69) is 12.2 Å². The maximum absolute atomic E-state index is 13.2. The van der Waals surface area contributed by atoms with Crippen molar-refractivity contribution < 1.29 is 13.2 Å². The van der Waals surface area contributed by atoms with E-state index in [1.54, 1.807) is 24.3 Å². The fourth-order valence-electron chi connectivity index (χ4n) is 3.51. The molecule has 0 aliphatic heterocycles. The molecule has 0 heterocycles. The van der Waals surface area contributed by atoms with Gasteiger partial charge in [-0.1, -0.05) is 48.9 Å². The summed E-state index contributed by atoms with van der Waals surface area (Å²) in [4.78, 5) is 13.3.